The molecule has 0 aromatic heterocycles. The summed E-state index contributed by atoms with van der Waals surface area (Å²) < 4.78 is 0. The molecular weight excluding hydrogens is 202 g/mol. The molecule has 4 heteroatoms. The molecule has 0 spiro atoms. The van der Waals surface area contributed by atoms with Crippen LogP contribution in [0, 0.1) is 5.92 Å². The van der Waals surface area contributed by atoms with Crippen molar-refractivity contribution in [3.8, 4) is 0 Å². The Morgan fingerprint density at radius 3 is 2.38 bits per heavy atom. The van der Waals surface area contributed by atoms with Gasteiger partial charge in [0.2, 0.25) is 5.91 Å². The normalized spacial score (nSPS) is 13.2. The zero-order valence-corrected chi connectivity index (χ0v) is 11.1. The first-order chi connectivity index (χ1) is 7.52. The van der Waals surface area contributed by atoms with Crippen molar-refractivity contribution in [1.82, 2.24) is 10.3 Å². The summed E-state index contributed by atoms with van der Waals surface area (Å²) in [6.07, 6.45) is 3.68. The van der Waals surface area contributed by atoms with Crippen LogP contribution in [0.15, 0.2) is 0 Å². The molecule has 0 bridgehead atoms. The van der Waals surface area contributed by atoms with Crippen molar-refractivity contribution in [2.45, 2.75) is 53.0 Å². The second-order valence-electron chi connectivity index (χ2n) is 4.71. The molecule has 1 atom stereocenters. The van der Waals surface area contributed by atoms with Crippen molar-refractivity contribution in [3.63, 3.8) is 0 Å². The zero-order chi connectivity index (χ0) is 12.6. The van der Waals surface area contributed by atoms with E-state index in [1.165, 1.54) is 19.3 Å². The molecule has 0 heterocycles. The molecule has 0 aliphatic heterocycles. The van der Waals surface area contributed by atoms with Crippen molar-refractivity contribution in [1.29, 1.82) is 0 Å². The van der Waals surface area contributed by atoms with Crippen LogP contribution in [0.1, 0.15) is 47.0 Å². The number of carbonyl (C=O) groups is 1. The van der Waals surface area contributed by atoms with Crippen LogP contribution in [-0.4, -0.2) is 29.9 Å². The summed E-state index contributed by atoms with van der Waals surface area (Å²) in [6.45, 7) is 10.3. The van der Waals surface area contributed by atoms with Crippen molar-refractivity contribution >= 4 is 5.91 Å². The average molecular weight is 229 g/mol. The van der Waals surface area contributed by atoms with Crippen molar-refractivity contribution in [2.75, 3.05) is 13.1 Å². The number of nitrogens with one attached hydrogen (secondary N) is 1. The Bertz CT molecular complexity index is 195. The standard InChI is InChI=1S/C12H27N3O/c1-5-6-7-8-15(10(2)3)9-11(4)12(16)14-13/h10-11H,5-9,13H2,1-4H3,(H,14,16). The number of nitrogens with zero attached hydrogens (tertiary/aromatic N) is 1. The molecular formula is C12H27N3O. The number of carbonyl (C=O) groups excluding carboxylic acids is 1. The zero-order valence-electron chi connectivity index (χ0n) is 11.1. The quantitative estimate of drug-likeness (QED) is 0.287. The van der Waals surface area contributed by atoms with Crippen LogP contribution >= 0.6 is 0 Å². The lowest BCUT2D eigenvalue weighted by molar-refractivity contribution is -0.125. The van der Waals surface area contributed by atoms with Crippen LogP contribution in [-0.2, 0) is 4.79 Å². The number of hydrogen-bond acceptors (Lipinski definition) is 3. The van der Waals surface area contributed by atoms with Crippen molar-refractivity contribution in [3.05, 3.63) is 0 Å². The van der Waals surface area contributed by atoms with E-state index in [0.29, 0.717) is 6.04 Å². The number of nitrogens with two attached hydrogens (primary N) is 1. The molecule has 3 N–H and O–H groups in total. The highest BCUT2D eigenvalue weighted by Crippen LogP contribution is 2.07. The summed E-state index contributed by atoms with van der Waals surface area (Å²) in [4.78, 5) is 13.7. The minimum Gasteiger partial charge on any atom is -0.300 e. The number of amides is 1. The summed E-state index contributed by atoms with van der Waals surface area (Å²) >= 11 is 0. The van der Waals surface area contributed by atoms with E-state index in [1.807, 2.05) is 6.92 Å². The molecule has 0 aliphatic rings. The highest BCUT2D eigenvalue weighted by Gasteiger charge is 2.17. The van der Waals surface area contributed by atoms with Gasteiger partial charge in [0.25, 0.3) is 0 Å². The van der Waals surface area contributed by atoms with Crippen LogP contribution in [0.5, 0.6) is 0 Å². The van der Waals surface area contributed by atoms with Gasteiger partial charge in [-0.2, -0.15) is 0 Å². The summed E-state index contributed by atoms with van der Waals surface area (Å²) in [5, 5.41) is 0. The van der Waals surface area contributed by atoms with E-state index in [0.717, 1.165) is 13.1 Å². The lowest BCUT2D eigenvalue weighted by Crippen LogP contribution is -2.43. The first-order valence-corrected chi connectivity index (χ1v) is 6.27. The third kappa shape index (κ3) is 6.08. The van der Waals surface area contributed by atoms with Gasteiger partial charge in [0.05, 0.1) is 0 Å². The molecule has 4 nitrogen and oxygen atoms in total. The first kappa shape index (κ1) is 15.4. The van der Waals surface area contributed by atoms with Gasteiger partial charge < -0.3 is 4.90 Å². The van der Waals surface area contributed by atoms with Gasteiger partial charge in [0, 0.05) is 18.5 Å². The highest BCUT2D eigenvalue weighted by atomic mass is 16.2. The number of rotatable bonds is 8. The second kappa shape index (κ2) is 8.53. The lowest BCUT2D eigenvalue weighted by Gasteiger charge is -2.28. The number of hydrogen-bond donors (Lipinski definition) is 2. The minimum atomic E-state index is -0.0823. The Kier molecular flexibility index (Phi) is 8.21. The molecule has 0 rings (SSSR count). The van der Waals surface area contributed by atoms with Gasteiger partial charge >= 0.3 is 0 Å². The number of unbranched alkanes of at least 4 members (excludes halogenated alkanes) is 2. The monoisotopic (exact) mass is 229 g/mol. The van der Waals surface area contributed by atoms with Gasteiger partial charge in [0.1, 0.15) is 0 Å². The Hall–Kier alpha value is -0.610. The molecule has 0 saturated carbocycles. The largest absolute Gasteiger partial charge is 0.300 e. The molecule has 0 aromatic rings. The maximum atomic E-state index is 11.3. The van der Waals surface area contributed by atoms with E-state index in [1.54, 1.807) is 0 Å². The average Bonchev–Trinajstić information content (AvgIpc) is 2.26. The van der Waals surface area contributed by atoms with Gasteiger partial charge in [-0.05, 0) is 26.8 Å². The highest BCUT2D eigenvalue weighted by molar-refractivity contribution is 5.77. The maximum Gasteiger partial charge on any atom is 0.237 e. The van der Waals surface area contributed by atoms with Crippen LogP contribution in [0.25, 0.3) is 0 Å². The molecule has 0 aromatic carbocycles. The van der Waals surface area contributed by atoms with Gasteiger partial charge in [-0.25, -0.2) is 5.84 Å². The fraction of sp³-hybridized carbons (Fsp3) is 0.917. The topological polar surface area (TPSA) is 58.4 Å². The van der Waals surface area contributed by atoms with E-state index < -0.39 is 0 Å². The van der Waals surface area contributed by atoms with Gasteiger partial charge in [0.15, 0.2) is 0 Å². The third-order valence-corrected chi connectivity index (χ3v) is 2.88. The van der Waals surface area contributed by atoms with Crippen LogP contribution in [0.2, 0.25) is 0 Å². The second-order valence-corrected chi connectivity index (χ2v) is 4.71. The van der Waals surface area contributed by atoms with E-state index in [9.17, 15) is 4.79 Å². The first-order valence-electron chi connectivity index (χ1n) is 6.27. The van der Waals surface area contributed by atoms with Crippen molar-refractivity contribution in [2.24, 2.45) is 11.8 Å². The summed E-state index contributed by atoms with van der Waals surface area (Å²) in [5.41, 5.74) is 2.21. The fourth-order valence-corrected chi connectivity index (χ4v) is 1.70. The third-order valence-electron chi connectivity index (χ3n) is 2.88. The molecule has 16 heavy (non-hydrogen) atoms. The molecule has 0 aliphatic carbocycles. The Morgan fingerprint density at radius 2 is 1.94 bits per heavy atom. The van der Waals surface area contributed by atoms with E-state index in [2.05, 4.69) is 31.1 Å². The van der Waals surface area contributed by atoms with E-state index in [4.69, 9.17) is 5.84 Å². The van der Waals surface area contributed by atoms with Crippen molar-refractivity contribution < 1.29 is 4.79 Å². The van der Waals surface area contributed by atoms with Gasteiger partial charge in [-0.15, -0.1) is 0 Å². The van der Waals surface area contributed by atoms with E-state index >= 15 is 0 Å². The molecule has 96 valence electrons. The Morgan fingerprint density at radius 1 is 1.31 bits per heavy atom. The van der Waals surface area contributed by atoms with Crippen LogP contribution in [0.4, 0.5) is 0 Å². The fourth-order valence-electron chi connectivity index (χ4n) is 1.70. The van der Waals surface area contributed by atoms with E-state index in [-0.39, 0.29) is 11.8 Å². The van der Waals surface area contributed by atoms with Crippen LogP contribution < -0.4 is 11.3 Å². The van der Waals surface area contributed by atoms with Crippen LogP contribution in [0.3, 0.4) is 0 Å². The molecule has 0 radical (unpaired) electrons. The summed E-state index contributed by atoms with van der Waals surface area (Å²) in [6, 6.07) is 0.477. The minimum absolute atomic E-state index is 0.0472. The molecule has 1 amide bonds. The molecule has 0 saturated heterocycles. The number of hydrazine groups is 1. The predicted octanol–water partition coefficient (Wildman–Crippen LogP) is 1.51. The molecule has 1 unspecified atom stereocenters. The summed E-state index contributed by atoms with van der Waals surface area (Å²) in [7, 11) is 0. The van der Waals surface area contributed by atoms with Gasteiger partial charge in [-0.1, -0.05) is 26.7 Å². The lowest BCUT2D eigenvalue weighted by atomic mass is 10.1. The Labute approximate surface area is 99.5 Å². The van der Waals surface area contributed by atoms with Gasteiger partial charge in [-0.3, -0.25) is 10.2 Å². The molecule has 0 fully saturated rings. The SMILES string of the molecule is CCCCCN(CC(C)C(=O)NN)C(C)C. The maximum absolute atomic E-state index is 11.3. The smallest absolute Gasteiger partial charge is 0.237 e. The predicted molar refractivity (Wildman–Crippen MR) is 67.7 cm³/mol. The Balaban J connectivity index is 4.06. The summed E-state index contributed by atoms with van der Waals surface area (Å²) in [5.74, 6) is 5.00.